The topological polar surface area (TPSA) is 12.5 Å². The second-order valence-electron chi connectivity index (χ2n) is 30.7. The van der Waals surface area contributed by atoms with Gasteiger partial charge in [0.1, 0.15) is 11.5 Å². The van der Waals surface area contributed by atoms with E-state index in [1.54, 1.807) is 11.1 Å². The molecular formula is C90H109NO. The van der Waals surface area contributed by atoms with Crippen LogP contribution in [0.4, 0.5) is 17.1 Å². The van der Waals surface area contributed by atoms with Gasteiger partial charge in [-0.25, -0.2) is 0 Å². The molecule has 4 aliphatic rings. The number of anilines is 3. The molecule has 2 aliphatic heterocycles. The van der Waals surface area contributed by atoms with Gasteiger partial charge in [0.2, 0.25) is 0 Å². The van der Waals surface area contributed by atoms with Gasteiger partial charge in [-0.2, -0.15) is 0 Å². The first-order valence-electron chi connectivity index (χ1n) is 35.0. The molecule has 0 aromatic heterocycles. The lowest BCUT2D eigenvalue weighted by atomic mass is 9.59. The fourth-order valence-electron chi connectivity index (χ4n) is 15.5. The quantitative estimate of drug-likeness (QED) is 0.120. The van der Waals surface area contributed by atoms with Crippen LogP contribution < -0.4 is 9.64 Å². The minimum absolute atomic E-state index is 0.000949. The molecule has 0 radical (unpaired) electrons. The fourth-order valence-corrected chi connectivity index (χ4v) is 15.5. The monoisotopic (exact) mass is 1220 g/mol. The molecule has 2 aliphatic carbocycles. The van der Waals surface area contributed by atoms with Crippen LogP contribution in [-0.4, -0.2) is 0 Å². The molecule has 0 unspecified atom stereocenters. The lowest BCUT2D eigenvalue weighted by molar-refractivity contribution is 0.417. The Morgan fingerprint density at radius 2 is 0.652 bits per heavy atom. The van der Waals surface area contributed by atoms with Crippen molar-refractivity contribution in [2.45, 2.75) is 237 Å². The summed E-state index contributed by atoms with van der Waals surface area (Å²) in [5.41, 5.74) is 36.6. The molecule has 480 valence electrons. The summed E-state index contributed by atoms with van der Waals surface area (Å²) in [6, 6.07) is 59.5. The molecule has 9 aromatic rings. The number of hydrogen-bond acceptors (Lipinski definition) is 2. The summed E-state index contributed by atoms with van der Waals surface area (Å²) in [7, 11) is 0. The average Bonchev–Trinajstić information content (AvgIpc) is 1.11. The van der Waals surface area contributed by atoms with Gasteiger partial charge in [-0.3, -0.25) is 0 Å². The van der Waals surface area contributed by atoms with Gasteiger partial charge in [-0.05, 0) is 208 Å². The van der Waals surface area contributed by atoms with Crippen LogP contribution >= 0.6 is 0 Å². The molecule has 0 amide bonds. The van der Waals surface area contributed by atoms with Crippen LogP contribution in [0.1, 0.15) is 251 Å². The van der Waals surface area contributed by atoms with Crippen LogP contribution in [0.2, 0.25) is 0 Å². The van der Waals surface area contributed by atoms with Gasteiger partial charge in [0.05, 0.1) is 11.4 Å². The van der Waals surface area contributed by atoms with Crippen LogP contribution in [-0.2, 0) is 33.5 Å². The highest BCUT2D eigenvalue weighted by molar-refractivity contribution is 5.87. The molecule has 0 spiro atoms. The maximum absolute atomic E-state index is 6.02. The zero-order valence-electron chi connectivity index (χ0n) is 60.4. The highest BCUT2D eigenvalue weighted by Gasteiger charge is 2.43. The number of aryl methyl sites for hydroxylation is 11. The van der Waals surface area contributed by atoms with E-state index in [9.17, 15) is 0 Å². The molecule has 2 nitrogen and oxygen atoms in total. The van der Waals surface area contributed by atoms with Gasteiger partial charge in [0, 0.05) is 43.9 Å². The number of hydrogen-bond donors (Lipinski definition) is 0. The van der Waals surface area contributed by atoms with Crippen LogP contribution in [0.25, 0.3) is 11.1 Å². The first-order valence-corrected chi connectivity index (χ1v) is 35.0. The second kappa shape index (κ2) is 26.5. The summed E-state index contributed by atoms with van der Waals surface area (Å²) in [4.78, 5) is 2.44. The molecule has 0 saturated carbocycles. The van der Waals surface area contributed by atoms with Crippen molar-refractivity contribution >= 4 is 17.1 Å². The molecule has 92 heavy (non-hydrogen) atoms. The van der Waals surface area contributed by atoms with Crippen molar-refractivity contribution in [3.63, 3.8) is 0 Å². The Hall–Kier alpha value is -7.42. The average molecular weight is 1220 g/mol. The number of benzene rings is 9. The molecule has 0 N–H and O–H groups in total. The Morgan fingerprint density at radius 3 is 1.10 bits per heavy atom. The molecule has 13 rings (SSSR count). The molecule has 0 saturated heterocycles. The highest BCUT2D eigenvalue weighted by Crippen LogP contribution is 2.55. The molecule has 0 atom stereocenters. The molecule has 0 bridgehead atoms. The number of fused-ring (bicyclic) bond motifs is 9. The van der Waals surface area contributed by atoms with E-state index >= 15 is 0 Å². The lowest BCUT2D eigenvalue weighted by Gasteiger charge is -2.44. The van der Waals surface area contributed by atoms with E-state index in [-0.39, 0.29) is 27.1 Å². The minimum atomic E-state index is -0.0136. The zero-order valence-corrected chi connectivity index (χ0v) is 60.4. The largest absolute Gasteiger partial charge is 0.457 e. The molecular weight excluding hydrogens is 1110 g/mol. The third-order valence-corrected chi connectivity index (χ3v) is 21.8. The highest BCUT2D eigenvalue weighted by atomic mass is 16.5. The standard InChI is InChI=1S/C27H31N.C26H36.C20H24.C17H18O/c1-6-7-8-21-11-13-22(14-12-21)28-25-15-9-19(2)17-23(25)27(4,5)24-18-20(3)10-16-26(24)28;1-7-8-9-10-11-12-13-26(6)24-16-20(4)18(2)14-22(24)23-15-19(3)21(5)17-25(23)26;1-13-7-9-15-17(11-13)20(5,6)18-12-14(2)8-10-16(18)19(15,3)4;1-11-5-7-15-13(9-11)17(3,4)14-10-12(2)6-8-16(14)18-15/h9-18H,6-8H2,1-5H3;14-17H,7-13H2,1-6H3;7-12H,1-6H3;5-10H,1-4H3. The van der Waals surface area contributed by atoms with Gasteiger partial charge >= 0.3 is 0 Å². The maximum Gasteiger partial charge on any atom is 0.131 e. The number of nitrogens with zero attached hydrogens (tertiary/aromatic N) is 1. The van der Waals surface area contributed by atoms with Crippen LogP contribution in [0.3, 0.4) is 0 Å². The smallest absolute Gasteiger partial charge is 0.131 e. The summed E-state index contributed by atoms with van der Waals surface area (Å²) >= 11 is 0. The van der Waals surface area contributed by atoms with Crippen LogP contribution in [0.5, 0.6) is 11.5 Å². The van der Waals surface area contributed by atoms with E-state index in [2.05, 4.69) is 308 Å². The lowest BCUT2D eigenvalue weighted by Crippen LogP contribution is -2.36. The molecule has 9 aromatic carbocycles. The maximum atomic E-state index is 6.02. The summed E-state index contributed by atoms with van der Waals surface area (Å²) in [5, 5.41) is 0. The minimum Gasteiger partial charge on any atom is -0.457 e. The number of ether oxygens (including phenoxy) is 1. The number of unbranched alkanes of at least 4 members (excludes halogenated alkanes) is 6. The van der Waals surface area contributed by atoms with Crippen LogP contribution in [0, 0.1) is 69.2 Å². The molecule has 0 fully saturated rings. The van der Waals surface area contributed by atoms with E-state index in [0.29, 0.717) is 0 Å². The van der Waals surface area contributed by atoms with Gasteiger partial charge in [-0.15, -0.1) is 0 Å². The van der Waals surface area contributed by atoms with Crippen molar-refractivity contribution in [3.8, 4) is 22.6 Å². The predicted octanol–water partition coefficient (Wildman–Crippen LogP) is 25.7. The van der Waals surface area contributed by atoms with E-state index in [1.807, 2.05) is 0 Å². The van der Waals surface area contributed by atoms with E-state index in [0.717, 1.165) is 17.9 Å². The van der Waals surface area contributed by atoms with Crippen molar-refractivity contribution in [3.05, 3.63) is 275 Å². The Kier molecular flexibility index (Phi) is 19.5. The SMILES string of the molecule is CCCCCCCCC1(C)c2cc(C)c(C)cc2-c2cc(C)c(C)cc21.CCCCc1ccc(N2c3ccc(C)cc3C(C)(C)c3cc(C)ccc32)cc1.Cc1ccc2c(c1)C(C)(C)c1cc(C)ccc1C2(C)C.Cc1ccc2c(c1)C(C)(C)c1cc(C)ccc1O2. The summed E-state index contributed by atoms with van der Waals surface area (Å²) in [5.74, 6) is 1.98. The predicted molar refractivity (Wildman–Crippen MR) is 398 cm³/mol. The summed E-state index contributed by atoms with van der Waals surface area (Å²) in [6.07, 6.45) is 13.1. The van der Waals surface area contributed by atoms with Crippen LogP contribution in [0.15, 0.2) is 158 Å². The molecule has 2 heterocycles. The third-order valence-electron chi connectivity index (χ3n) is 21.8. The first kappa shape index (κ1) is 67.5. The van der Waals surface area contributed by atoms with Crippen molar-refractivity contribution in [1.82, 2.24) is 0 Å². The number of rotatable bonds is 11. The van der Waals surface area contributed by atoms with Crippen molar-refractivity contribution in [1.29, 1.82) is 0 Å². The molecule has 2 heteroatoms. The van der Waals surface area contributed by atoms with E-state index < -0.39 is 0 Å². The fraction of sp³-hybridized carbons (Fsp3) is 0.400. The summed E-state index contributed by atoms with van der Waals surface area (Å²) < 4.78 is 6.02. The van der Waals surface area contributed by atoms with Crippen molar-refractivity contribution < 1.29 is 4.74 Å². The van der Waals surface area contributed by atoms with Gasteiger partial charge in [-0.1, -0.05) is 276 Å². The Balaban J connectivity index is 0.000000136. The van der Waals surface area contributed by atoms with Crippen molar-refractivity contribution in [2.75, 3.05) is 4.90 Å². The second-order valence-corrected chi connectivity index (χ2v) is 30.7. The Bertz CT molecular complexity index is 3950. The Morgan fingerprint density at radius 1 is 0.304 bits per heavy atom. The van der Waals surface area contributed by atoms with E-state index in [1.165, 1.54) is 192 Å². The van der Waals surface area contributed by atoms with Gasteiger partial charge in [0.15, 0.2) is 0 Å². The van der Waals surface area contributed by atoms with Gasteiger partial charge in [0.25, 0.3) is 0 Å². The van der Waals surface area contributed by atoms with Gasteiger partial charge < -0.3 is 9.64 Å². The Labute approximate surface area is 557 Å². The first-order chi connectivity index (χ1) is 43.5. The zero-order chi connectivity index (χ0) is 66.4. The summed E-state index contributed by atoms with van der Waals surface area (Å²) in [6.45, 7) is 47.8. The van der Waals surface area contributed by atoms with E-state index in [4.69, 9.17) is 4.74 Å². The third kappa shape index (κ3) is 13.0. The normalized spacial score (nSPS) is 15.5. The van der Waals surface area contributed by atoms with Crippen molar-refractivity contribution in [2.24, 2.45) is 0 Å².